The summed E-state index contributed by atoms with van der Waals surface area (Å²) < 4.78 is 5.14. The average Bonchev–Trinajstić information content (AvgIpc) is 2.36. The fraction of sp³-hybridized carbons (Fsp3) is 0.500. The van der Waals surface area contributed by atoms with Crippen LogP contribution in [0, 0.1) is 13.8 Å². The van der Waals surface area contributed by atoms with Crippen molar-refractivity contribution in [2.75, 3.05) is 18.4 Å². The highest BCUT2D eigenvalue weighted by Gasteiger charge is 2.15. The van der Waals surface area contributed by atoms with Crippen molar-refractivity contribution in [3.63, 3.8) is 0 Å². The van der Waals surface area contributed by atoms with E-state index in [-0.39, 0.29) is 0 Å². The second kappa shape index (κ2) is 7.98. The first-order valence-electron chi connectivity index (χ1n) is 7.26. The number of benzene rings is 1. The molecule has 22 heavy (non-hydrogen) atoms. The lowest BCUT2D eigenvalue weighted by atomic mass is 10.1. The van der Waals surface area contributed by atoms with E-state index in [9.17, 15) is 4.79 Å². The second-order valence-corrected chi connectivity index (χ2v) is 6.54. The summed E-state index contributed by atoms with van der Waals surface area (Å²) in [7, 11) is 0. The molecule has 6 heteroatoms. The molecule has 0 bridgehead atoms. The van der Waals surface area contributed by atoms with Gasteiger partial charge in [0.15, 0.2) is 5.11 Å². The van der Waals surface area contributed by atoms with Crippen LogP contribution in [0.2, 0.25) is 0 Å². The number of carbonyl (C=O) groups excluding carboxylic acids is 1. The minimum absolute atomic E-state index is 0.428. The van der Waals surface area contributed by atoms with Crippen molar-refractivity contribution in [1.29, 1.82) is 0 Å². The summed E-state index contributed by atoms with van der Waals surface area (Å²) in [6.07, 6.45) is -0.428. The highest BCUT2D eigenvalue weighted by molar-refractivity contribution is 7.80. The van der Waals surface area contributed by atoms with Crippen LogP contribution in [0.1, 0.15) is 31.9 Å². The van der Waals surface area contributed by atoms with E-state index in [0.717, 1.165) is 11.3 Å². The zero-order valence-electron chi connectivity index (χ0n) is 13.9. The Bertz CT molecular complexity index is 539. The number of aryl methyl sites for hydroxylation is 2. The molecule has 1 aromatic rings. The SMILES string of the molecule is Cc1ccc(NC(=S)NCCNC(=O)OC(C)(C)C)c(C)c1. The number of rotatable bonds is 4. The van der Waals surface area contributed by atoms with Crippen LogP contribution >= 0.6 is 12.2 Å². The molecule has 0 aliphatic carbocycles. The molecule has 0 saturated carbocycles. The van der Waals surface area contributed by atoms with E-state index in [0.29, 0.717) is 18.2 Å². The van der Waals surface area contributed by atoms with Gasteiger partial charge in [0.25, 0.3) is 0 Å². The summed E-state index contributed by atoms with van der Waals surface area (Å²) in [6, 6.07) is 6.12. The van der Waals surface area contributed by atoms with Gasteiger partial charge in [-0.05, 0) is 58.5 Å². The van der Waals surface area contributed by atoms with Crippen molar-refractivity contribution in [1.82, 2.24) is 10.6 Å². The molecule has 1 rings (SSSR count). The number of ether oxygens (including phenoxy) is 1. The van der Waals surface area contributed by atoms with Gasteiger partial charge < -0.3 is 20.7 Å². The molecule has 0 atom stereocenters. The van der Waals surface area contributed by atoms with Crippen molar-refractivity contribution in [3.8, 4) is 0 Å². The van der Waals surface area contributed by atoms with Crippen molar-refractivity contribution in [3.05, 3.63) is 29.3 Å². The molecule has 1 aromatic carbocycles. The third kappa shape index (κ3) is 7.26. The molecule has 5 nitrogen and oxygen atoms in total. The first-order chi connectivity index (χ1) is 10.2. The van der Waals surface area contributed by atoms with Crippen LogP contribution in [0.5, 0.6) is 0 Å². The Labute approximate surface area is 137 Å². The van der Waals surface area contributed by atoms with Gasteiger partial charge in [-0.1, -0.05) is 17.7 Å². The Morgan fingerprint density at radius 1 is 1.18 bits per heavy atom. The third-order valence-corrected chi connectivity index (χ3v) is 2.96. The lowest BCUT2D eigenvalue weighted by molar-refractivity contribution is 0.0529. The standard InChI is InChI=1S/C16H25N3O2S/c1-11-6-7-13(12(2)10-11)19-14(22)17-8-9-18-15(20)21-16(3,4)5/h6-7,10H,8-9H2,1-5H3,(H,18,20)(H2,17,19,22). The Kier molecular flexibility index (Phi) is 6.61. The summed E-state index contributed by atoms with van der Waals surface area (Å²) in [6.45, 7) is 10.5. The third-order valence-electron chi connectivity index (χ3n) is 2.71. The van der Waals surface area contributed by atoms with Gasteiger partial charge in [-0.2, -0.15) is 0 Å². The Balaban J connectivity index is 2.28. The molecular formula is C16H25N3O2S. The average molecular weight is 323 g/mol. The van der Waals surface area contributed by atoms with E-state index in [2.05, 4.69) is 28.9 Å². The number of thiocarbonyl (C=S) groups is 1. The summed E-state index contributed by atoms with van der Waals surface area (Å²) in [5, 5.41) is 9.37. The van der Waals surface area contributed by atoms with Gasteiger partial charge in [-0.15, -0.1) is 0 Å². The molecule has 0 aliphatic rings. The van der Waals surface area contributed by atoms with Gasteiger partial charge in [-0.25, -0.2) is 4.79 Å². The van der Waals surface area contributed by atoms with E-state index in [1.165, 1.54) is 5.56 Å². The first-order valence-corrected chi connectivity index (χ1v) is 7.67. The quantitative estimate of drug-likeness (QED) is 0.587. The van der Waals surface area contributed by atoms with Crippen LogP contribution in [-0.2, 0) is 4.74 Å². The maximum absolute atomic E-state index is 11.5. The highest BCUT2D eigenvalue weighted by Crippen LogP contribution is 2.15. The van der Waals surface area contributed by atoms with Crippen LogP contribution in [-0.4, -0.2) is 29.9 Å². The predicted molar refractivity (Wildman–Crippen MR) is 94.4 cm³/mol. The Morgan fingerprint density at radius 2 is 1.82 bits per heavy atom. The van der Waals surface area contributed by atoms with E-state index in [1.54, 1.807) is 0 Å². The number of hydrogen-bond donors (Lipinski definition) is 3. The summed E-state index contributed by atoms with van der Waals surface area (Å²) in [5.74, 6) is 0. The van der Waals surface area contributed by atoms with E-state index >= 15 is 0 Å². The monoisotopic (exact) mass is 323 g/mol. The fourth-order valence-corrected chi connectivity index (χ4v) is 1.99. The number of nitrogens with one attached hydrogen (secondary N) is 3. The zero-order chi connectivity index (χ0) is 16.8. The molecule has 0 fully saturated rings. The maximum atomic E-state index is 11.5. The van der Waals surface area contributed by atoms with Gasteiger partial charge in [0.05, 0.1) is 0 Å². The molecule has 0 aromatic heterocycles. The van der Waals surface area contributed by atoms with Crippen molar-refractivity contribution < 1.29 is 9.53 Å². The molecule has 0 heterocycles. The van der Waals surface area contributed by atoms with Crippen molar-refractivity contribution >= 4 is 29.1 Å². The molecule has 122 valence electrons. The van der Waals surface area contributed by atoms with Crippen LogP contribution < -0.4 is 16.0 Å². The Hall–Kier alpha value is -1.82. The van der Waals surface area contributed by atoms with Gasteiger partial charge in [0.1, 0.15) is 5.60 Å². The second-order valence-electron chi connectivity index (χ2n) is 6.13. The molecule has 1 amide bonds. The molecule has 0 saturated heterocycles. The maximum Gasteiger partial charge on any atom is 0.407 e. The lowest BCUT2D eigenvalue weighted by Gasteiger charge is -2.19. The van der Waals surface area contributed by atoms with Crippen LogP contribution in [0.3, 0.4) is 0 Å². The largest absolute Gasteiger partial charge is 0.444 e. The topological polar surface area (TPSA) is 62.4 Å². The summed E-state index contributed by atoms with van der Waals surface area (Å²) in [5.41, 5.74) is 2.83. The minimum atomic E-state index is -0.489. The van der Waals surface area contributed by atoms with E-state index in [4.69, 9.17) is 17.0 Å². The van der Waals surface area contributed by atoms with E-state index < -0.39 is 11.7 Å². The molecule has 0 unspecified atom stereocenters. The van der Waals surface area contributed by atoms with Crippen molar-refractivity contribution in [2.45, 2.75) is 40.2 Å². The summed E-state index contributed by atoms with van der Waals surface area (Å²) >= 11 is 5.23. The summed E-state index contributed by atoms with van der Waals surface area (Å²) in [4.78, 5) is 11.5. The number of amides is 1. The first kappa shape index (κ1) is 18.2. The minimum Gasteiger partial charge on any atom is -0.444 e. The molecule has 0 aliphatic heterocycles. The van der Waals surface area contributed by atoms with Crippen LogP contribution in [0.25, 0.3) is 0 Å². The number of hydrogen-bond acceptors (Lipinski definition) is 3. The highest BCUT2D eigenvalue weighted by atomic mass is 32.1. The molecule has 3 N–H and O–H groups in total. The smallest absolute Gasteiger partial charge is 0.407 e. The van der Waals surface area contributed by atoms with Crippen molar-refractivity contribution in [2.24, 2.45) is 0 Å². The number of carbonyl (C=O) groups is 1. The Morgan fingerprint density at radius 3 is 2.41 bits per heavy atom. The van der Waals surface area contributed by atoms with Crippen LogP contribution in [0.4, 0.5) is 10.5 Å². The van der Waals surface area contributed by atoms with Crippen LogP contribution in [0.15, 0.2) is 18.2 Å². The number of alkyl carbamates (subject to hydrolysis) is 1. The van der Waals surface area contributed by atoms with Gasteiger partial charge in [0, 0.05) is 18.8 Å². The van der Waals surface area contributed by atoms with E-state index in [1.807, 2.05) is 39.8 Å². The predicted octanol–water partition coefficient (Wildman–Crippen LogP) is 3.11. The number of anilines is 1. The molecule has 0 spiro atoms. The normalized spacial score (nSPS) is 10.8. The van der Waals surface area contributed by atoms with Gasteiger partial charge in [-0.3, -0.25) is 0 Å². The molecule has 0 radical (unpaired) electrons. The molecular weight excluding hydrogens is 298 g/mol. The fourth-order valence-electron chi connectivity index (χ4n) is 1.78. The van der Waals surface area contributed by atoms with Gasteiger partial charge in [0.2, 0.25) is 0 Å². The zero-order valence-corrected chi connectivity index (χ0v) is 14.7. The lowest BCUT2D eigenvalue weighted by Crippen LogP contribution is -2.39. The van der Waals surface area contributed by atoms with Gasteiger partial charge >= 0.3 is 6.09 Å².